The molecule has 1 aromatic carbocycles. The van der Waals surface area contributed by atoms with E-state index in [1.807, 2.05) is 0 Å². The van der Waals surface area contributed by atoms with Crippen molar-refractivity contribution < 1.29 is 19.4 Å². The Hall–Kier alpha value is -0.260. The SMILES string of the molecule is NCC(O)(COP(O)O)c1ccc(Cl)cc1. The van der Waals surface area contributed by atoms with Crippen LogP contribution in [-0.2, 0) is 10.1 Å². The topological polar surface area (TPSA) is 95.9 Å². The highest BCUT2D eigenvalue weighted by Gasteiger charge is 2.29. The van der Waals surface area contributed by atoms with Crippen LogP contribution >= 0.6 is 20.2 Å². The third kappa shape index (κ3) is 3.64. The molecule has 0 spiro atoms. The van der Waals surface area contributed by atoms with Crippen LogP contribution in [0.4, 0.5) is 0 Å². The fourth-order valence-corrected chi connectivity index (χ4v) is 1.64. The van der Waals surface area contributed by atoms with Crippen LogP contribution < -0.4 is 5.73 Å². The van der Waals surface area contributed by atoms with Crippen LogP contribution in [0.15, 0.2) is 24.3 Å². The van der Waals surface area contributed by atoms with E-state index in [0.29, 0.717) is 10.6 Å². The second kappa shape index (κ2) is 5.89. The lowest BCUT2D eigenvalue weighted by Crippen LogP contribution is -2.39. The Morgan fingerprint density at radius 1 is 1.31 bits per heavy atom. The molecule has 0 radical (unpaired) electrons. The molecule has 1 rings (SSSR count). The normalized spacial score (nSPS) is 15.1. The number of hydrogen-bond acceptors (Lipinski definition) is 5. The summed E-state index contributed by atoms with van der Waals surface area (Å²) in [6.45, 7) is -0.387. The molecule has 0 bridgehead atoms. The monoisotopic (exact) mass is 265 g/mol. The fourth-order valence-electron chi connectivity index (χ4n) is 1.18. The molecule has 7 heteroatoms. The fraction of sp³-hybridized carbons (Fsp3) is 0.333. The minimum Gasteiger partial charge on any atom is -0.381 e. The van der Waals surface area contributed by atoms with E-state index in [1.54, 1.807) is 24.3 Å². The predicted molar refractivity (Wildman–Crippen MR) is 61.7 cm³/mol. The maximum atomic E-state index is 10.1. The maximum Gasteiger partial charge on any atom is 0.327 e. The second-order valence-electron chi connectivity index (χ2n) is 3.27. The zero-order chi connectivity index (χ0) is 12.2. The molecule has 1 aromatic rings. The molecular weight excluding hydrogens is 253 g/mol. The Morgan fingerprint density at radius 3 is 2.31 bits per heavy atom. The molecule has 0 aliphatic carbocycles. The van der Waals surface area contributed by atoms with Crippen molar-refractivity contribution in [3.8, 4) is 0 Å². The van der Waals surface area contributed by atoms with Crippen LogP contribution in [0.5, 0.6) is 0 Å². The highest BCUT2D eigenvalue weighted by molar-refractivity contribution is 7.39. The van der Waals surface area contributed by atoms with Crippen LogP contribution in [0, 0.1) is 0 Å². The molecule has 1 unspecified atom stereocenters. The van der Waals surface area contributed by atoms with Crippen molar-refractivity contribution in [3.63, 3.8) is 0 Å². The van der Waals surface area contributed by atoms with Gasteiger partial charge in [0.15, 0.2) is 0 Å². The standard InChI is InChI=1S/C9H13ClNO4P/c10-8-3-1-7(2-4-8)9(12,5-11)6-15-16(13)14/h1-4,12-14H,5-6,11H2. The Balaban J connectivity index is 2.82. The van der Waals surface area contributed by atoms with Crippen molar-refractivity contribution in [1.82, 2.24) is 0 Å². The van der Waals surface area contributed by atoms with E-state index >= 15 is 0 Å². The van der Waals surface area contributed by atoms with Crippen molar-refractivity contribution in [2.45, 2.75) is 5.60 Å². The summed E-state index contributed by atoms with van der Waals surface area (Å²) in [7, 11) is -2.51. The molecule has 0 amide bonds. The van der Waals surface area contributed by atoms with E-state index in [4.69, 9.17) is 27.1 Å². The average molecular weight is 266 g/mol. The summed E-state index contributed by atoms with van der Waals surface area (Å²) in [6.07, 6.45) is 0. The Labute approximate surface area is 99.4 Å². The molecule has 5 N–H and O–H groups in total. The van der Waals surface area contributed by atoms with Crippen molar-refractivity contribution in [2.24, 2.45) is 5.73 Å². The van der Waals surface area contributed by atoms with Crippen molar-refractivity contribution in [1.29, 1.82) is 0 Å². The van der Waals surface area contributed by atoms with E-state index in [-0.39, 0.29) is 13.2 Å². The Kier molecular flexibility index (Phi) is 5.08. The number of hydrogen-bond donors (Lipinski definition) is 4. The molecule has 0 aromatic heterocycles. The van der Waals surface area contributed by atoms with Gasteiger partial charge in [-0.3, -0.25) is 0 Å². The van der Waals surface area contributed by atoms with Crippen LogP contribution in [0.25, 0.3) is 0 Å². The van der Waals surface area contributed by atoms with Gasteiger partial charge in [0.1, 0.15) is 5.60 Å². The molecule has 0 saturated heterocycles. The number of halogens is 1. The highest BCUT2D eigenvalue weighted by atomic mass is 35.5. The summed E-state index contributed by atoms with van der Waals surface area (Å²) in [5.41, 5.74) is 4.51. The number of benzene rings is 1. The van der Waals surface area contributed by atoms with Gasteiger partial charge in [-0.25, -0.2) is 0 Å². The second-order valence-corrected chi connectivity index (χ2v) is 4.47. The maximum absolute atomic E-state index is 10.1. The number of rotatable bonds is 5. The molecular formula is C9H13ClNO4P. The molecule has 0 aliphatic rings. The van der Waals surface area contributed by atoms with Crippen molar-refractivity contribution >= 4 is 20.2 Å². The van der Waals surface area contributed by atoms with Gasteiger partial charge in [0.2, 0.25) is 0 Å². The van der Waals surface area contributed by atoms with Crippen molar-refractivity contribution in [3.05, 3.63) is 34.9 Å². The van der Waals surface area contributed by atoms with Crippen LogP contribution in [-0.4, -0.2) is 28.0 Å². The smallest absolute Gasteiger partial charge is 0.327 e. The van der Waals surface area contributed by atoms with Crippen LogP contribution in [0.1, 0.15) is 5.56 Å². The molecule has 0 fully saturated rings. The predicted octanol–water partition coefficient (Wildman–Crippen LogP) is 0.714. The first-order valence-electron chi connectivity index (χ1n) is 4.47. The third-order valence-corrected chi connectivity index (χ3v) is 2.75. The van der Waals surface area contributed by atoms with Gasteiger partial charge >= 0.3 is 8.60 Å². The Morgan fingerprint density at radius 2 is 1.88 bits per heavy atom. The minimum absolute atomic E-state index is 0.0994. The molecule has 0 saturated carbocycles. The molecule has 5 nitrogen and oxygen atoms in total. The van der Waals surface area contributed by atoms with E-state index < -0.39 is 14.2 Å². The highest BCUT2D eigenvalue weighted by Crippen LogP contribution is 2.30. The van der Waals surface area contributed by atoms with Gasteiger partial charge in [0.25, 0.3) is 0 Å². The van der Waals surface area contributed by atoms with E-state index in [2.05, 4.69) is 4.52 Å². The van der Waals surface area contributed by atoms with E-state index in [9.17, 15) is 5.11 Å². The van der Waals surface area contributed by atoms with Gasteiger partial charge in [-0.1, -0.05) is 23.7 Å². The van der Waals surface area contributed by atoms with Crippen molar-refractivity contribution in [2.75, 3.05) is 13.2 Å². The lowest BCUT2D eigenvalue weighted by atomic mass is 9.95. The lowest BCUT2D eigenvalue weighted by molar-refractivity contribution is -0.00514. The molecule has 16 heavy (non-hydrogen) atoms. The molecule has 1 atom stereocenters. The zero-order valence-electron chi connectivity index (χ0n) is 8.38. The number of nitrogens with two attached hydrogens (primary N) is 1. The van der Waals surface area contributed by atoms with E-state index in [0.717, 1.165) is 0 Å². The zero-order valence-corrected chi connectivity index (χ0v) is 10.0. The first kappa shape index (κ1) is 13.8. The largest absolute Gasteiger partial charge is 0.381 e. The first-order valence-corrected chi connectivity index (χ1v) is 6.01. The first-order chi connectivity index (χ1) is 7.48. The Bertz CT molecular complexity index is 335. The summed E-state index contributed by atoms with van der Waals surface area (Å²) in [4.78, 5) is 17.3. The summed E-state index contributed by atoms with van der Waals surface area (Å²) >= 11 is 5.71. The molecule has 0 aliphatic heterocycles. The quantitative estimate of drug-likeness (QED) is 0.588. The van der Waals surface area contributed by atoms with Gasteiger partial charge in [0.05, 0.1) is 6.61 Å². The summed E-state index contributed by atoms with van der Waals surface area (Å²) in [5, 5.41) is 10.7. The lowest BCUT2D eigenvalue weighted by Gasteiger charge is -2.26. The minimum atomic E-state index is -2.51. The van der Waals surface area contributed by atoms with Gasteiger partial charge in [-0.15, -0.1) is 0 Å². The van der Waals surface area contributed by atoms with Gasteiger partial charge in [-0.2, -0.15) is 0 Å². The van der Waals surface area contributed by atoms with Crippen LogP contribution in [0.3, 0.4) is 0 Å². The molecule has 0 heterocycles. The third-order valence-electron chi connectivity index (χ3n) is 2.14. The summed E-state index contributed by atoms with van der Waals surface area (Å²) in [6, 6.07) is 6.43. The van der Waals surface area contributed by atoms with Crippen LogP contribution in [0.2, 0.25) is 5.02 Å². The number of aliphatic hydroxyl groups is 1. The van der Waals surface area contributed by atoms with Gasteiger partial charge in [-0.05, 0) is 17.7 Å². The van der Waals surface area contributed by atoms with E-state index in [1.165, 1.54) is 0 Å². The van der Waals surface area contributed by atoms with Gasteiger partial charge in [0, 0.05) is 11.6 Å². The summed E-state index contributed by atoms with van der Waals surface area (Å²) in [5.74, 6) is 0. The van der Waals surface area contributed by atoms with Gasteiger partial charge < -0.3 is 25.2 Å². The average Bonchev–Trinajstić information content (AvgIpc) is 2.27. The summed E-state index contributed by atoms with van der Waals surface area (Å²) < 4.78 is 4.60. The molecule has 90 valence electrons.